The van der Waals surface area contributed by atoms with Crippen LogP contribution in [0.25, 0.3) is 0 Å². The minimum atomic E-state index is -1.61. The van der Waals surface area contributed by atoms with Crippen LogP contribution >= 0.6 is 23.2 Å². The quantitative estimate of drug-likeness (QED) is 0.543. The van der Waals surface area contributed by atoms with Crippen molar-refractivity contribution in [3.8, 4) is 0 Å². The fourth-order valence-corrected chi connectivity index (χ4v) is 5.34. The second kappa shape index (κ2) is 7.28. The lowest BCUT2D eigenvalue weighted by molar-refractivity contribution is -0.160. The molecule has 0 radical (unpaired) electrons. The average molecular weight is 441 g/mol. The van der Waals surface area contributed by atoms with Crippen LogP contribution in [0.2, 0.25) is 10.0 Å². The third-order valence-electron chi connectivity index (χ3n) is 5.78. The predicted molar refractivity (Wildman–Crippen MR) is 104 cm³/mol. The SMILES string of the molecule is C=CCOC(=O)C1C(C(=O)O)C2COCCN2C12C(=O)Nc1c(Cl)cc(Cl)cc12. The summed E-state index contributed by atoms with van der Waals surface area (Å²) in [6.45, 7) is 4.02. The Morgan fingerprint density at radius 3 is 2.90 bits per heavy atom. The van der Waals surface area contributed by atoms with Gasteiger partial charge in [0.1, 0.15) is 18.1 Å². The van der Waals surface area contributed by atoms with E-state index in [1.54, 1.807) is 11.0 Å². The third kappa shape index (κ3) is 2.78. The Labute approximate surface area is 176 Å². The number of amides is 1. The summed E-state index contributed by atoms with van der Waals surface area (Å²) in [4.78, 5) is 40.5. The summed E-state index contributed by atoms with van der Waals surface area (Å²) in [7, 11) is 0. The average Bonchev–Trinajstić information content (AvgIpc) is 3.15. The van der Waals surface area contributed by atoms with Gasteiger partial charge in [-0.3, -0.25) is 19.3 Å². The standard InChI is InChI=1S/C19H18Cl2N2O6/c1-2-4-29-17(26)14-13(16(24)25)12-8-28-5-3-23(12)19(14)10-6-9(20)7-11(21)15(10)22-18(19)27/h2,6-7,12-14H,1,3-5,8H2,(H,22,27)(H,24,25). The Balaban J connectivity index is 1.98. The molecule has 0 saturated carbocycles. The molecule has 2 saturated heterocycles. The molecule has 1 aromatic rings. The minimum Gasteiger partial charge on any atom is -0.481 e. The van der Waals surface area contributed by atoms with Gasteiger partial charge in [0.05, 0.1) is 29.8 Å². The Kier molecular flexibility index (Phi) is 5.06. The number of esters is 1. The fraction of sp³-hybridized carbons (Fsp3) is 0.421. The van der Waals surface area contributed by atoms with Crippen LogP contribution < -0.4 is 5.32 Å². The summed E-state index contributed by atoms with van der Waals surface area (Å²) >= 11 is 12.5. The van der Waals surface area contributed by atoms with E-state index in [0.29, 0.717) is 11.3 Å². The number of benzene rings is 1. The second-order valence-electron chi connectivity index (χ2n) is 7.13. The van der Waals surface area contributed by atoms with Gasteiger partial charge in [-0.2, -0.15) is 0 Å². The summed E-state index contributed by atoms with van der Waals surface area (Å²) in [5.74, 6) is -5.08. The van der Waals surface area contributed by atoms with Crippen molar-refractivity contribution in [3.63, 3.8) is 0 Å². The molecule has 3 aliphatic heterocycles. The van der Waals surface area contributed by atoms with E-state index in [-0.39, 0.29) is 36.4 Å². The number of halogens is 2. The maximum Gasteiger partial charge on any atom is 0.313 e. The van der Waals surface area contributed by atoms with Crippen LogP contribution in [0.5, 0.6) is 0 Å². The first kappa shape index (κ1) is 20.2. The lowest BCUT2D eigenvalue weighted by Gasteiger charge is -2.40. The molecule has 29 heavy (non-hydrogen) atoms. The molecule has 3 heterocycles. The van der Waals surface area contributed by atoms with Crippen molar-refractivity contribution in [1.29, 1.82) is 0 Å². The zero-order valence-corrected chi connectivity index (χ0v) is 16.7. The van der Waals surface area contributed by atoms with E-state index < -0.39 is 41.3 Å². The van der Waals surface area contributed by atoms with Crippen molar-refractivity contribution < 1.29 is 29.0 Å². The van der Waals surface area contributed by atoms with E-state index in [0.717, 1.165) is 0 Å². The molecule has 4 atom stereocenters. The van der Waals surface area contributed by atoms with Crippen LogP contribution in [0.3, 0.4) is 0 Å². The van der Waals surface area contributed by atoms with Gasteiger partial charge in [0.15, 0.2) is 0 Å². The number of nitrogens with zero attached hydrogens (tertiary/aromatic N) is 1. The van der Waals surface area contributed by atoms with E-state index in [4.69, 9.17) is 32.7 Å². The van der Waals surface area contributed by atoms with Crippen LogP contribution in [0, 0.1) is 11.8 Å². The Morgan fingerprint density at radius 1 is 1.45 bits per heavy atom. The summed E-state index contributed by atoms with van der Waals surface area (Å²) < 4.78 is 10.7. The normalized spacial score (nSPS) is 30.6. The number of hydrogen-bond donors (Lipinski definition) is 2. The number of hydrogen-bond acceptors (Lipinski definition) is 6. The number of carboxylic acids is 1. The molecule has 4 rings (SSSR count). The highest BCUT2D eigenvalue weighted by molar-refractivity contribution is 6.38. The van der Waals surface area contributed by atoms with Crippen LogP contribution in [-0.2, 0) is 29.4 Å². The molecule has 10 heteroatoms. The molecule has 1 amide bonds. The van der Waals surface area contributed by atoms with E-state index in [1.807, 2.05) is 0 Å². The van der Waals surface area contributed by atoms with Gasteiger partial charge in [-0.05, 0) is 12.1 Å². The highest BCUT2D eigenvalue weighted by Gasteiger charge is 2.71. The number of morpholine rings is 1. The predicted octanol–water partition coefficient (Wildman–Crippen LogP) is 1.90. The number of anilines is 1. The van der Waals surface area contributed by atoms with Crippen LogP contribution in [0.15, 0.2) is 24.8 Å². The zero-order valence-electron chi connectivity index (χ0n) is 15.2. The summed E-state index contributed by atoms with van der Waals surface area (Å²) in [5, 5.41) is 13.2. The van der Waals surface area contributed by atoms with Crippen LogP contribution in [-0.4, -0.2) is 60.3 Å². The topological polar surface area (TPSA) is 105 Å². The first-order valence-electron chi connectivity index (χ1n) is 8.99. The maximum absolute atomic E-state index is 13.4. The van der Waals surface area contributed by atoms with Crippen LogP contribution in [0.4, 0.5) is 5.69 Å². The van der Waals surface area contributed by atoms with Gasteiger partial charge in [0.2, 0.25) is 0 Å². The Bertz CT molecular complexity index is 922. The number of rotatable bonds is 4. The van der Waals surface area contributed by atoms with Gasteiger partial charge in [0.25, 0.3) is 5.91 Å². The van der Waals surface area contributed by atoms with Crippen molar-refractivity contribution >= 4 is 46.7 Å². The van der Waals surface area contributed by atoms with Gasteiger partial charge in [-0.15, -0.1) is 0 Å². The molecule has 0 aliphatic carbocycles. The van der Waals surface area contributed by atoms with Gasteiger partial charge >= 0.3 is 11.9 Å². The van der Waals surface area contributed by atoms with Gasteiger partial charge in [0, 0.05) is 23.2 Å². The fourth-order valence-electron chi connectivity index (χ4n) is 4.80. The third-order valence-corrected chi connectivity index (χ3v) is 6.29. The van der Waals surface area contributed by atoms with E-state index in [2.05, 4.69) is 11.9 Å². The molecule has 4 unspecified atom stereocenters. The summed E-state index contributed by atoms with van der Waals surface area (Å²) in [5.41, 5.74) is -0.922. The number of carboxylic acid groups (broad SMARTS) is 1. The molecule has 0 aromatic heterocycles. The van der Waals surface area contributed by atoms with E-state index in [9.17, 15) is 19.5 Å². The minimum absolute atomic E-state index is 0.0703. The lowest BCUT2D eigenvalue weighted by atomic mass is 9.75. The molecule has 3 aliphatic rings. The smallest absolute Gasteiger partial charge is 0.313 e. The molecule has 2 N–H and O–H groups in total. The molecule has 8 nitrogen and oxygen atoms in total. The van der Waals surface area contributed by atoms with Gasteiger partial charge in [-0.25, -0.2) is 0 Å². The molecular formula is C19H18Cl2N2O6. The molecule has 2 fully saturated rings. The Morgan fingerprint density at radius 2 is 2.21 bits per heavy atom. The zero-order chi connectivity index (χ0) is 20.9. The molecule has 1 aromatic carbocycles. The van der Waals surface area contributed by atoms with E-state index >= 15 is 0 Å². The lowest BCUT2D eigenvalue weighted by Crippen LogP contribution is -2.57. The van der Waals surface area contributed by atoms with Gasteiger partial charge in [-0.1, -0.05) is 35.9 Å². The number of carbonyl (C=O) groups is 3. The summed E-state index contributed by atoms with van der Waals surface area (Å²) in [6.07, 6.45) is 1.38. The highest BCUT2D eigenvalue weighted by Crippen LogP contribution is 2.57. The van der Waals surface area contributed by atoms with Crippen molar-refractivity contribution in [2.24, 2.45) is 11.8 Å². The molecule has 0 bridgehead atoms. The maximum atomic E-state index is 13.4. The first-order valence-corrected chi connectivity index (χ1v) is 9.75. The number of fused-ring (bicyclic) bond motifs is 4. The molecule has 154 valence electrons. The second-order valence-corrected chi connectivity index (χ2v) is 7.97. The number of ether oxygens (including phenoxy) is 2. The number of nitrogens with one attached hydrogen (secondary N) is 1. The Hall–Kier alpha value is -2.13. The van der Waals surface area contributed by atoms with E-state index in [1.165, 1.54) is 12.1 Å². The van der Waals surface area contributed by atoms with Gasteiger partial charge < -0.3 is 19.9 Å². The number of aliphatic carboxylic acids is 1. The van der Waals surface area contributed by atoms with Crippen molar-refractivity contribution in [1.82, 2.24) is 4.90 Å². The molecular weight excluding hydrogens is 423 g/mol. The van der Waals surface area contributed by atoms with Crippen molar-refractivity contribution in [3.05, 3.63) is 40.4 Å². The largest absolute Gasteiger partial charge is 0.481 e. The summed E-state index contributed by atoms with van der Waals surface area (Å²) in [6, 6.07) is 2.33. The monoisotopic (exact) mass is 440 g/mol. The van der Waals surface area contributed by atoms with Crippen molar-refractivity contribution in [2.75, 3.05) is 31.7 Å². The van der Waals surface area contributed by atoms with Crippen molar-refractivity contribution in [2.45, 2.75) is 11.6 Å². The number of carbonyl (C=O) groups excluding carboxylic acids is 2. The molecule has 1 spiro atoms. The first-order chi connectivity index (χ1) is 13.8. The highest BCUT2D eigenvalue weighted by atomic mass is 35.5. The van der Waals surface area contributed by atoms with Crippen LogP contribution in [0.1, 0.15) is 5.56 Å².